The molecule has 2 aliphatic heterocycles. The van der Waals surface area contributed by atoms with Crippen LogP contribution in [0.3, 0.4) is 0 Å². The molecule has 0 aromatic rings. The van der Waals surface area contributed by atoms with E-state index in [0.29, 0.717) is 9.80 Å². The van der Waals surface area contributed by atoms with Crippen LogP contribution in [0, 0.1) is 0 Å². The maximum atomic E-state index is 12.4. The van der Waals surface area contributed by atoms with Crippen LogP contribution in [-0.4, -0.2) is 101 Å². The Hall–Kier alpha value is -3.39. The molecular weight excluding hydrogens is 436 g/mol. The average molecular weight is 458 g/mol. The molecule has 2 aliphatic rings. The molecule has 2 rings (SSSR count). The summed E-state index contributed by atoms with van der Waals surface area (Å²) in [7, 11) is 0. The fourth-order valence-corrected chi connectivity index (χ4v) is 3.82. The lowest BCUT2D eigenvalue weighted by atomic mass is 9.98. The Balaban J connectivity index is 1.99. The standard InChI is InChI=1S/C18H22N2O12/c21-10-5-17(31,7-12(23)24)15(29)19(10)4-2-1-3-9(14(27)28)20-11(22)6-18(32,16(20)30)8-13(25)26/h9,31-32H,1-8H2,(H,23,24)(H,25,26)(H,27,28)/t9-,17?,18?/m0/s1. The maximum absolute atomic E-state index is 12.4. The predicted molar refractivity (Wildman–Crippen MR) is 97.5 cm³/mol. The molecule has 176 valence electrons. The highest BCUT2D eigenvalue weighted by atomic mass is 16.4. The van der Waals surface area contributed by atoms with E-state index in [-0.39, 0.29) is 25.8 Å². The molecule has 2 fully saturated rings. The fraction of sp³-hybridized carbons (Fsp3) is 0.611. The zero-order valence-electron chi connectivity index (χ0n) is 16.7. The number of rotatable bonds is 11. The number of aliphatic carboxylic acids is 3. The smallest absolute Gasteiger partial charge is 0.326 e. The SMILES string of the molecule is O=C(O)CC1(O)CC(=O)N(CCCC[C@@H](C(=O)O)N2C(=O)CC(O)(CC(=O)O)C2=O)C1=O. The van der Waals surface area contributed by atoms with Crippen LogP contribution in [0.2, 0.25) is 0 Å². The van der Waals surface area contributed by atoms with Crippen molar-refractivity contribution in [1.29, 1.82) is 0 Å². The van der Waals surface area contributed by atoms with E-state index >= 15 is 0 Å². The lowest BCUT2D eigenvalue weighted by molar-refractivity contribution is -0.160. The van der Waals surface area contributed by atoms with Crippen LogP contribution in [0.4, 0.5) is 0 Å². The summed E-state index contributed by atoms with van der Waals surface area (Å²) in [5.41, 5.74) is -4.89. The first-order chi connectivity index (χ1) is 14.7. The van der Waals surface area contributed by atoms with Gasteiger partial charge >= 0.3 is 17.9 Å². The minimum atomic E-state index is -2.54. The Morgan fingerprint density at radius 3 is 1.81 bits per heavy atom. The molecule has 0 spiro atoms. The second-order valence-electron chi connectivity index (χ2n) is 7.83. The molecule has 0 aromatic heterocycles. The van der Waals surface area contributed by atoms with Gasteiger partial charge in [0.2, 0.25) is 11.8 Å². The lowest BCUT2D eigenvalue weighted by Crippen LogP contribution is -2.49. The van der Waals surface area contributed by atoms with Crippen molar-refractivity contribution in [3.8, 4) is 0 Å². The number of nitrogens with zero attached hydrogens (tertiary/aromatic N) is 2. The Bertz CT molecular complexity index is 885. The highest BCUT2D eigenvalue weighted by Crippen LogP contribution is 2.31. The van der Waals surface area contributed by atoms with E-state index < -0.39 is 84.5 Å². The predicted octanol–water partition coefficient (Wildman–Crippen LogP) is -2.46. The largest absolute Gasteiger partial charge is 0.481 e. The summed E-state index contributed by atoms with van der Waals surface area (Å²) >= 11 is 0. The van der Waals surface area contributed by atoms with Crippen LogP contribution in [0.15, 0.2) is 0 Å². The van der Waals surface area contributed by atoms with Crippen molar-refractivity contribution in [1.82, 2.24) is 9.80 Å². The van der Waals surface area contributed by atoms with Gasteiger partial charge < -0.3 is 25.5 Å². The molecule has 0 radical (unpaired) electrons. The molecule has 14 nitrogen and oxygen atoms in total. The van der Waals surface area contributed by atoms with Gasteiger partial charge in [-0.3, -0.25) is 38.6 Å². The van der Waals surface area contributed by atoms with E-state index in [2.05, 4.69) is 0 Å². The number of amides is 4. The number of aliphatic hydroxyl groups is 2. The third-order valence-corrected chi connectivity index (χ3v) is 5.31. The van der Waals surface area contributed by atoms with Crippen molar-refractivity contribution in [3.05, 3.63) is 0 Å². The fourth-order valence-electron chi connectivity index (χ4n) is 3.82. The summed E-state index contributed by atoms with van der Waals surface area (Å²) in [6, 6.07) is -1.70. The van der Waals surface area contributed by atoms with Gasteiger partial charge in [0.25, 0.3) is 11.8 Å². The average Bonchev–Trinajstić information content (AvgIpc) is 2.96. The molecule has 3 atom stereocenters. The van der Waals surface area contributed by atoms with Crippen molar-refractivity contribution in [3.63, 3.8) is 0 Å². The van der Waals surface area contributed by atoms with Gasteiger partial charge in [-0.15, -0.1) is 0 Å². The van der Waals surface area contributed by atoms with E-state index in [4.69, 9.17) is 10.2 Å². The highest BCUT2D eigenvalue weighted by Gasteiger charge is 2.55. The number of carbonyl (C=O) groups is 7. The molecule has 0 aliphatic carbocycles. The molecule has 5 N–H and O–H groups in total. The van der Waals surface area contributed by atoms with Gasteiger partial charge in [0.1, 0.15) is 6.04 Å². The Morgan fingerprint density at radius 1 is 0.812 bits per heavy atom. The molecule has 4 amide bonds. The quantitative estimate of drug-likeness (QED) is 0.160. The summed E-state index contributed by atoms with van der Waals surface area (Å²) in [5, 5.41) is 47.3. The number of likely N-dealkylation sites (tertiary alicyclic amines) is 2. The number of carbonyl (C=O) groups excluding carboxylic acids is 4. The van der Waals surface area contributed by atoms with Crippen molar-refractivity contribution in [2.45, 2.75) is 62.2 Å². The minimum Gasteiger partial charge on any atom is -0.481 e. The summed E-state index contributed by atoms with van der Waals surface area (Å²) in [6.45, 7) is -0.253. The summed E-state index contributed by atoms with van der Waals surface area (Å²) in [6.07, 6.45) is -3.91. The Morgan fingerprint density at radius 2 is 1.31 bits per heavy atom. The van der Waals surface area contributed by atoms with Gasteiger partial charge in [0.15, 0.2) is 11.2 Å². The molecule has 32 heavy (non-hydrogen) atoms. The minimum absolute atomic E-state index is 0.0139. The van der Waals surface area contributed by atoms with Crippen LogP contribution in [-0.2, 0) is 33.6 Å². The number of unbranched alkanes of at least 4 members (excludes halogenated alkanes) is 1. The van der Waals surface area contributed by atoms with Crippen LogP contribution in [0.25, 0.3) is 0 Å². The zero-order valence-corrected chi connectivity index (χ0v) is 16.7. The Labute approximate surface area is 180 Å². The van der Waals surface area contributed by atoms with Crippen molar-refractivity contribution < 1.29 is 59.1 Å². The molecule has 2 heterocycles. The van der Waals surface area contributed by atoms with E-state index in [1.165, 1.54) is 0 Å². The molecule has 0 aromatic carbocycles. The van der Waals surface area contributed by atoms with Gasteiger partial charge in [-0.05, 0) is 19.3 Å². The van der Waals surface area contributed by atoms with Crippen molar-refractivity contribution in [2.24, 2.45) is 0 Å². The van der Waals surface area contributed by atoms with Gasteiger partial charge in [0.05, 0.1) is 25.7 Å². The number of imide groups is 2. The van der Waals surface area contributed by atoms with Crippen LogP contribution in [0.1, 0.15) is 44.9 Å². The number of hydrogen-bond acceptors (Lipinski definition) is 9. The van der Waals surface area contributed by atoms with E-state index in [0.717, 1.165) is 0 Å². The third-order valence-electron chi connectivity index (χ3n) is 5.31. The summed E-state index contributed by atoms with van der Waals surface area (Å²) < 4.78 is 0. The third kappa shape index (κ3) is 4.91. The normalized spacial score (nSPS) is 26.7. The number of carboxylic acids is 3. The van der Waals surface area contributed by atoms with Crippen LogP contribution >= 0.6 is 0 Å². The first-order valence-corrected chi connectivity index (χ1v) is 9.54. The van der Waals surface area contributed by atoms with E-state index in [9.17, 15) is 48.9 Å². The molecule has 2 saturated heterocycles. The highest BCUT2D eigenvalue weighted by molar-refractivity contribution is 6.11. The first kappa shape index (κ1) is 24.9. The molecule has 0 saturated carbocycles. The van der Waals surface area contributed by atoms with Crippen LogP contribution < -0.4 is 0 Å². The molecular formula is C18H22N2O12. The van der Waals surface area contributed by atoms with Crippen molar-refractivity contribution in [2.75, 3.05) is 6.54 Å². The van der Waals surface area contributed by atoms with Crippen LogP contribution in [0.5, 0.6) is 0 Å². The van der Waals surface area contributed by atoms with Gasteiger partial charge in [-0.25, -0.2) is 4.79 Å². The second kappa shape index (κ2) is 9.00. The van der Waals surface area contributed by atoms with E-state index in [1.54, 1.807) is 0 Å². The monoisotopic (exact) mass is 458 g/mol. The number of carboxylic acid groups (broad SMARTS) is 3. The summed E-state index contributed by atoms with van der Waals surface area (Å²) in [5.74, 6) is -8.85. The molecule has 0 bridgehead atoms. The first-order valence-electron chi connectivity index (χ1n) is 9.54. The topological polar surface area (TPSA) is 227 Å². The lowest BCUT2D eigenvalue weighted by Gasteiger charge is -2.25. The number of hydrogen-bond donors (Lipinski definition) is 5. The van der Waals surface area contributed by atoms with Gasteiger partial charge in [0, 0.05) is 6.54 Å². The van der Waals surface area contributed by atoms with Gasteiger partial charge in [-0.1, -0.05) is 0 Å². The molecule has 14 heteroatoms. The van der Waals surface area contributed by atoms with E-state index in [1.807, 2.05) is 0 Å². The van der Waals surface area contributed by atoms with Gasteiger partial charge in [-0.2, -0.15) is 0 Å². The zero-order chi connectivity index (χ0) is 24.4. The summed E-state index contributed by atoms with van der Waals surface area (Å²) in [4.78, 5) is 82.9. The maximum Gasteiger partial charge on any atom is 0.326 e. The molecule has 2 unspecified atom stereocenters. The van der Waals surface area contributed by atoms with Crippen molar-refractivity contribution >= 4 is 41.5 Å². The second-order valence-corrected chi connectivity index (χ2v) is 7.83. The Kier molecular flexibility index (Phi) is 7.00.